The maximum absolute atomic E-state index is 12.4. The number of hydrogen-bond acceptors (Lipinski definition) is 4. The zero-order valence-corrected chi connectivity index (χ0v) is 13.2. The van der Waals surface area contributed by atoms with Crippen molar-refractivity contribution in [2.24, 2.45) is 5.92 Å². The molecule has 0 aromatic carbocycles. The molecule has 0 aliphatic carbocycles. The number of carbonyl (C=O) groups excluding carboxylic acids is 1. The second-order valence-electron chi connectivity index (χ2n) is 5.81. The minimum absolute atomic E-state index is 0.119. The fourth-order valence-electron chi connectivity index (χ4n) is 2.63. The number of likely N-dealkylation sites (tertiary alicyclic amines) is 1. The van der Waals surface area contributed by atoms with Gasteiger partial charge in [0.05, 0.1) is 12.6 Å². The third-order valence-electron chi connectivity index (χ3n) is 4.35. The number of piperidine rings is 1. The molecule has 118 valence electrons. The zero-order valence-electron chi connectivity index (χ0n) is 13.2. The van der Waals surface area contributed by atoms with Gasteiger partial charge in [-0.1, -0.05) is 20.8 Å². The molecule has 1 saturated heterocycles. The first kappa shape index (κ1) is 16.0. The Kier molecular flexibility index (Phi) is 5.42. The molecule has 5 nitrogen and oxygen atoms in total. The van der Waals surface area contributed by atoms with Gasteiger partial charge in [-0.05, 0) is 37.6 Å². The topological polar surface area (TPSA) is 56.9 Å². The highest BCUT2D eigenvalue weighted by atomic mass is 16.4. The van der Waals surface area contributed by atoms with Crippen molar-refractivity contribution < 1.29 is 14.3 Å². The van der Waals surface area contributed by atoms with E-state index in [-0.39, 0.29) is 11.8 Å². The molecule has 1 aliphatic heterocycles. The van der Waals surface area contributed by atoms with E-state index in [0.29, 0.717) is 18.8 Å². The van der Waals surface area contributed by atoms with Gasteiger partial charge >= 0.3 is 0 Å². The van der Waals surface area contributed by atoms with Crippen LogP contribution in [0.3, 0.4) is 0 Å². The van der Waals surface area contributed by atoms with Crippen LogP contribution in [0, 0.1) is 5.92 Å². The van der Waals surface area contributed by atoms with E-state index >= 15 is 0 Å². The lowest BCUT2D eigenvalue weighted by Gasteiger charge is -2.33. The third kappa shape index (κ3) is 3.86. The van der Waals surface area contributed by atoms with Crippen LogP contribution in [0.25, 0.3) is 0 Å². The monoisotopic (exact) mass is 294 g/mol. The molecule has 0 spiro atoms. The summed E-state index contributed by atoms with van der Waals surface area (Å²) in [6.07, 6.45) is 0.396. The molecule has 5 heteroatoms. The first-order valence-electron chi connectivity index (χ1n) is 7.83. The molecule has 0 radical (unpaired) electrons. The van der Waals surface area contributed by atoms with Crippen LogP contribution < -0.4 is 0 Å². The SMILES string of the molecule is CCN(CC)Cc1ccc(C(=O)N2CCC(C)C(O)C2)o1. The van der Waals surface area contributed by atoms with E-state index in [9.17, 15) is 9.90 Å². The van der Waals surface area contributed by atoms with Crippen LogP contribution in [0.15, 0.2) is 16.5 Å². The van der Waals surface area contributed by atoms with E-state index in [1.54, 1.807) is 11.0 Å². The maximum Gasteiger partial charge on any atom is 0.289 e. The van der Waals surface area contributed by atoms with E-state index in [4.69, 9.17) is 4.42 Å². The third-order valence-corrected chi connectivity index (χ3v) is 4.35. The van der Waals surface area contributed by atoms with E-state index < -0.39 is 6.10 Å². The Labute approximate surface area is 126 Å². The number of aliphatic hydroxyl groups is 1. The number of furan rings is 1. The second-order valence-corrected chi connectivity index (χ2v) is 5.81. The Morgan fingerprint density at radius 1 is 1.43 bits per heavy atom. The number of nitrogens with zero attached hydrogens (tertiary/aromatic N) is 2. The van der Waals surface area contributed by atoms with Gasteiger partial charge in [0.25, 0.3) is 5.91 Å². The van der Waals surface area contributed by atoms with Crippen LogP contribution in [0.1, 0.15) is 43.5 Å². The van der Waals surface area contributed by atoms with Gasteiger partial charge in [-0.2, -0.15) is 0 Å². The van der Waals surface area contributed by atoms with Crippen molar-refractivity contribution in [1.29, 1.82) is 0 Å². The summed E-state index contributed by atoms with van der Waals surface area (Å²) >= 11 is 0. The Balaban J connectivity index is 1.99. The quantitative estimate of drug-likeness (QED) is 0.902. The molecule has 2 unspecified atom stereocenters. The zero-order chi connectivity index (χ0) is 15.4. The lowest BCUT2D eigenvalue weighted by Crippen LogP contribution is -2.45. The Bertz CT molecular complexity index is 468. The lowest BCUT2D eigenvalue weighted by atomic mass is 9.96. The summed E-state index contributed by atoms with van der Waals surface area (Å²) in [6, 6.07) is 3.61. The van der Waals surface area contributed by atoms with Gasteiger partial charge < -0.3 is 14.4 Å². The van der Waals surface area contributed by atoms with Crippen molar-refractivity contribution in [3.05, 3.63) is 23.7 Å². The molecule has 1 aromatic heterocycles. The Morgan fingerprint density at radius 2 is 2.14 bits per heavy atom. The summed E-state index contributed by atoms with van der Waals surface area (Å²) in [5.41, 5.74) is 0. The summed E-state index contributed by atoms with van der Waals surface area (Å²) in [5.74, 6) is 1.32. The summed E-state index contributed by atoms with van der Waals surface area (Å²) in [7, 11) is 0. The van der Waals surface area contributed by atoms with E-state index in [2.05, 4.69) is 18.7 Å². The van der Waals surface area contributed by atoms with E-state index in [1.807, 2.05) is 13.0 Å². The molecule has 2 rings (SSSR count). The lowest BCUT2D eigenvalue weighted by molar-refractivity contribution is 0.0229. The van der Waals surface area contributed by atoms with Crippen molar-refractivity contribution in [3.8, 4) is 0 Å². The van der Waals surface area contributed by atoms with Crippen molar-refractivity contribution >= 4 is 5.91 Å². The van der Waals surface area contributed by atoms with Crippen molar-refractivity contribution in [1.82, 2.24) is 9.80 Å². The summed E-state index contributed by atoms with van der Waals surface area (Å²) < 4.78 is 5.68. The van der Waals surface area contributed by atoms with Gasteiger partial charge in [0.2, 0.25) is 0 Å². The second kappa shape index (κ2) is 7.09. The molecule has 2 atom stereocenters. The molecule has 1 fully saturated rings. The molecule has 1 aromatic rings. The highest BCUT2D eigenvalue weighted by Crippen LogP contribution is 2.20. The highest BCUT2D eigenvalue weighted by molar-refractivity contribution is 5.91. The van der Waals surface area contributed by atoms with Crippen molar-refractivity contribution in [2.75, 3.05) is 26.2 Å². The van der Waals surface area contributed by atoms with Crippen LogP contribution in [0.2, 0.25) is 0 Å². The predicted molar refractivity (Wildman–Crippen MR) is 81.0 cm³/mol. The molecule has 2 heterocycles. The van der Waals surface area contributed by atoms with Gasteiger partial charge in [0.15, 0.2) is 5.76 Å². The van der Waals surface area contributed by atoms with Crippen molar-refractivity contribution in [3.63, 3.8) is 0 Å². The molecule has 0 bridgehead atoms. The van der Waals surface area contributed by atoms with Gasteiger partial charge in [0.1, 0.15) is 5.76 Å². The maximum atomic E-state index is 12.4. The van der Waals surface area contributed by atoms with Gasteiger partial charge in [0, 0.05) is 13.1 Å². The van der Waals surface area contributed by atoms with Gasteiger partial charge in [-0.3, -0.25) is 9.69 Å². The summed E-state index contributed by atoms with van der Waals surface area (Å²) in [5, 5.41) is 9.90. The molecule has 1 N–H and O–H groups in total. The average molecular weight is 294 g/mol. The number of carbonyl (C=O) groups is 1. The van der Waals surface area contributed by atoms with E-state index in [1.165, 1.54) is 0 Å². The number of β-amino-alcohol motifs (C(OH)–C–C–N with tert-alkyl or cyclic N) is 1. The normalized spacial score (nSPS) is 22.8. The number of aliphatic hydroxyl groups excluding tert-OH is 1. The van der Waals surface area contributed by atoms with Gasteiger partial charge in [-0.25, -0.2) is 0 Å². The summed E-state index contributed by atoms with van der Waals surface area (Å²) in [6.45, 7) is 9.94. The predicted octanol–water partition coefficient (Wildman–Crippen LogP) is 1.96. The van der Waals surface area contributed by atoms with Crippen LogP contribution >= 0.6 is 0 Å². The molecular weight excluding hydrogens is 268 g/mol. The standard InChI is InChI=1S/C16H26N2O3/c1-4-17(5-2)10-13-6-7-15(21-13)16(20)18-9-8-12(3)14(19)11-18/h6-7,12,14,19H,4-5,8-11H2,1-3H3. The first-order chi connectivity index (χ1) is 10.0. The van der Waals surface area contributed by atoms with Crippen LogP contribution in [0.5, 0.6) is 0 Å². The minimum atomic E-state index is -0.437. The largest absolute Gasteiger partial charge is 0.455 e. The number of amides is 1. The fourth-order valence-corrected chi connectivity index (χ4v) is 2.63. The fraction of sp³-hybridized carbons (Fsp3) is 0.688. The van der Waals surface area contributed by atoms with Gasteiger partial charge in [-0.15, -0.1) is 0 Å². The van der Waals surface area contributed by atoms with E-state index in [0.717, 1.165) is 31.8 Å². The number of rotatable bonds is 5. The van der Waals surface area contributed by atoms with Crippen molar-refractivity contribution in [2.45, 2.75) is 39.8 Å². The molecule has 21 heavy (non-hydrogen) atoms. The molecule has 0 saturated carbocycles. The molecular formula is C16H26N2O3. The smallest absolute Gasteiger partial charge is 0.289 e. The van der Waals surface area contributed by atoms with Crippen LogP contribution in [-0.4, -0.2) is 53.1 Å². The summed E-state index contributed by atoms with van der Waals surface area (Å²) in [4.78, 5) is 16.3. The van der Waals surface area contributed by atoms with Crippen LogP contribution in [0.4, 0.5) is 0 Å². The first-order valence-corrected chi connectivity index (χ1v) is 7.83. The number of hydrogen-bond donors (Lipinski definition) is 1. The van der Waals surface area contributed by atoms with Crippen LogP contribution in [-0.2, 0) is 6.54 Å². The molecule has 1 amide bonds. The average Bonchev–Trinajstić information content (AvgIpc) is 2.95. The Hall–Kier alpha value is -1.33. The highest BCUT2D eigenvalue weighted by Gasteiger charge is 2.29. The molecule has 1 aliphatic rings. The minimum Gasteiger partial charge on any atom is -0.455 e. The Morgan fingerprint density at radius 3 is 2.76 bits per heavy atom.